The van der Waals surface area contributed by atoms with Gasteiger partial charge in [-0.25, -0.2) is 4.79 Å². The van der Waals surface area contributed by atoms with Crippen LogP contribution in [-0.4, -0.2) is 44.6 Å². The summed E-state index contributed by atoms with van der Waals surface area (Å²) in [6.45, 7) is 2.59. The summed E-state index contributed by atoms with van der Waals surface area (Å²) in [6.07, 6.45) is 5.49. The van der Waals surface area contributed by atoms with E-state index < -0.39 is 12.0 Å². The van der Waals surface area contributed by atoms with Crippen LogP contribution in [0.25, 0.3) is 0 Å². The quantitative estimate of drug-likeness (QED) is 0.825. The standard InChI is InChI=1S/C15H23N3O4/c1-2-6-12-16-13(22-17-12)8-5-9-14(19)18-10-4-3-7-11(18)15(20)21/h11H,2-10H2,1H3,(H,20,21)/t11-/m1/s1. The van der Waals surface area contributed by atoms with Crippen molar-refractivity contribution in [1.82, 2.24) is 15.0 Å². The van der Waals surface area contributed by atoms with Crippen LogP contribution in [0.2, 0.25) is 0 Å². The Kier molecular flexibility index (Phi) is 5.91. The fourth-order valence-electron chi connectivity index (χ4n) is 2.74. The van der Waals surface area contributed by atoms with Gasteiger partial charge in [0.15, 0.2) is 5.82 Å². The third-order valence-electron chi connectivity index (χ3n) is 3.87. The first-order valence-electron chi connectivity index (χ1n) is 7.95. The number of aryl methyl sites for hydroxylation is 2. The normalized spacial score (nSPS) is 18.4. The SMILES string of the molecule is CCCc1noc(CCCC(=O)N2CCCC[C@@H]2C(=O)O)n1. The number of piperidine rings is 1. The van der Waals surface area contributed by atoms with E-state index in [0.717, 1.165) is 25.7 Å². The highest BCUT2D eigenvalue weighted by molar-refractivity contribution is 5.83. The number of carbonyl (C=O) groups excluding carboxylic acids is 1. The lowest BCUT2D eigenvalue weighted by atomic mass is 10.0. The molecule has 122 valence electrons. The molecule has 1 aromatic rings. The Morgan fingerprint density at radius 2 is 2.18 bits per heavy atom. The largest absolute Gasteiger partial charge is 0.480 e. The minimum absolute atomic E-state index is 0.0969. The molecule has 0 radical (unpaired) electrons. The first-order chi connectivity index (χ1) is 10.6. The van der Waals surface area contributed by atoms with Crippen molar-refractivity contribution in [3.05, 3.63) is 11.7 Å². The molecule has 0 unspecified atom stereocenters. The van der Waals surface area contributed by atoms with Gasteiger partial charge in [0.2, 0.25) is 11.8 Å². The van der Waals surface area contributed by atoms with Crippen molar-refractivity contribution in [3.8, 4) is 0 Å². The van der Waals surface area contributed by atoms with Gasteiger partial charge in [0.1, 0.15) is 6.04 Å². The Morgan fingerprint density at radius 3 is 2.91 bits per heavy atom. The molecular weight excluding hydrogens is 286 g/mol. The summed E-state index contributed by atoms with van der Waals surface area (Å²) in [5.41, 5.74) is 0. The summed E-state index contributed by atoms with van der Waals surface area (Å²) >= 11 is 0. The van der Waals surface area contributed by atoms with Gasteiger partial charge in [-0.3, -0.25) is 4.79 Å². The van der Waals surface area contributed by atoms with Crippen LogP contribution in [-0.2, 0) is 22.4 Å². The average molecular weight is 309 g/mol. The molecule has 1 N–H and O–H groups in total. The van der Waals surface area contributed by atoms with Crippen molar-refractivity contribution in [3.63, 3.8) is 0 Å². The van der Waals surface area contributed by atoms with Crippen molar-refractivity contribution in [2.24, 2.45) is 0 Å². The predicted molar refractivity (Wildman–Crippen MR) is 78.2 cm³/mol. The number of likely N-dealkylation sites (tertiary alicyclic amines) is 1. The van der Waals surface area contributed by atoms with Gasteiger partial charge in [0.25, 0.3) is 0 Å². The number of carbonyl (C=O) groups is 2. The van der Waals surface area contributed by atoms with Crippen LogP contribution in [0.4, 0.5) is 0 Å². The van der Waals surface area contributed by atoms with Crippen LogP contribution < -0.4 is 0 Å². The first kappa shape index (κ1) is 16.5. The smallest absolute Gasteiger partial charge is 0.326 e. The van der Waals surface area contributed by atoms with Crippen molar-refractivity contribution >= 4 is 11.9 Å². The molecule has 1 aliphatic heterocycles. The second kappa shape index (κ2) is 7.91. The van der Waals surface area contributed by atoms with Gasteiger partial charge in [0.05, 0.1) is 0 Å². The predicted octanol–water partition coefficient (Wildman–Crippen LogP) is 1.81. The summed E-state index contributed by atoms with van der Waals surface area (Å²) in [7, 11) is 0. The molecule has 7 nitrogen and oxygen atoms in total. The lowest BCUT2D eigenvalue weighted by Crippen LogP contribution is -2.47. The Balaban J connectivity index is 1.79. The van der Waals surface area contributed by atoms with Crippen LogP contribution in [0.3, 0.4) is 0 Å². The van der Waals surface area contributed by atoms with E-state index >= 15 is 0 Å². The molecule has 0 aromatic carbocycles. The molecule has 1 aromatic heterocycles. The van der Waals surface area contributed by atoms with Gasteiger partial charge in [-0.2, -0.15) is 4.98 Å². The number of aliphatic carboxylic acids is 1. The van der Waals surface area contributed by atoms with Crippen molar-refractivity contribution in [2.45, 2.75) is 64.3 Å². The third kappa shape index (κ3) is 4.29. The molecule has 0 aliphatic carbocycles. The van der Waals surface area contributed by atoms with Crippen LogP contribution in [0.5, 0.6) is 0 Å². The molecule has 0 spiro atoms. The molecule has 1 amide bonds. The maximum Gasteiger partial charge on any atom is 0.326 e. The van der Waals surface area contributed by atoms with E-state index in [4.69, 9.17) is 4.52 Å². The highest BCUT2D eigenvalue weighted by Gasteiger charge is 2.31. The Morgan fingerprint density at radius 1 is 1.36 bits per heavy atom. The van der Waals surface area contributed by atoms with E-state index in [9.17, 15) is 14.7 Å². The van der Waals surface area contributed by atoms with E-state index in [1.54, 1.807) is 0 Å². The highest BCUT2D eigenvalue weighted by Crippen LogP contribution is 2.19. The van der Waals surface area contributed by atoms with Crippen LogP contribution in [0, 0.1) is 0 Å². The molecule has 2 heterocycles. The van der Waals surface area contributed by atoms with Gasteiger partial charge in [-0.1, -0.05) is 12.1 Å². The van der Waals surface area contributed by atoms with Gasteiger partial charge < -0.3 is 14.5 Å². The van der Waals surface area contributed by atoms with E-state index in [0.29, 0.717) is 43.9 Å². The van der Waals surface area contributed by atoms with E-state index in [1.165, 1.54) is 4.90 Å². The molecule has 0 saturated carbocycles. The number of nitrogens with zero attached hydrogens (tertiary/aromatic N) is 3. The van der Waals surface area contributed by atoms with E-state index in [-0.39, 0.29) is 5.91 Å². The van der Waals surface area contributed by atoms with Gasteiger partial charge in [0, 0.05) is 25.8 Å². The monoisotopic (exact) mass is 309 g/mol. The zero-order valence-electron chi connectivity index (χ0n) is 13.0. The Labute approximate surface area is 129 Å². The summed E-state index contributed by atoms with van der Waals surface area (Å²) < 4.78 is 5.12. The molecule has 0 bridgehead atoms. The number of carboxylic acids is 1. The maximum absolute atomic E-state index is 12.2. The second-order valence-corrected chi connectivity index (χ2v) is 5.64. The molecular formula is C15H23N3O4. The molecule has 1 saturated heterocycles. The van der Waals surface area contributed by atoms with E-state index in [2.05, 4.69) is 10.1 Å². The highest BCUT2D eigenvalue weighted by atomic mass is 16.5. The fourth-order valence-corrected chi connectivity index (χ4v) is 2.74. The molecule has 22 heavy (non-hydrogen) atoms. The van der Waals surface area contributed by atoms with Crippen LogP contribution >= 0.6 is 0 Å². The molecule has 2 rings (SSSR count). The third-order valence-corrected chi connectivity index (χ3v) is 3.87. The summed E-state index contributed by atoms with van der Waals surface area (Å²) in [5.74, 6) is 0.241. The van der Waals surface area contributed by atoms with Crippen molar-refractivity contribution in [2.75, 3.05) is 6.54 Å². The molecule has 1 atom stereocenters. The van der Waals surface area contributed by atoms with Crippen LogP contribution in [0.1, 0.15) is 57.2 Å². The number of amides is 1. The molecule has 1 aliphatic rings. The zero-order chi connectivity index (χ0) is 15.9. The number of carboxylic acid groups (broad SMARTS) is 1. The Bertz CT molecular complexity index is 515. The summed E-state index contributed by atoms with van der Waals surface area (Å²) in [6, 6.07) is -0.666. The number of aromatic nitrogens is 2. The summed E-state index contributed by atoms with van der Waals surface area (Å²) in [4.78, 5) is 29.2. The van der Waals surface area contributed by atoms with E-state index in [1.807, 2.05) is 6.92 Å². The zero-order valence-corrected chi connectivity index (χ0v) is 13.0. The van der Waals surface area contributed by atoms with Crippen molar-refractivity contribution < 1.29 is 19.2 Å². The molecule has 7 heteroatoms. The van der Waals surface area contributed by atoms with Gasteiger partial charge >= 0.3 is 5.97 Å². The number of hydrogen-bond acceptors (Lipinski definition) is 5. The number of rotatable bonds is 7. The topological polar surface area (TPSA) is 96.5 Å². The van der Waals surface area contributed by atoms with Gasteiger partial charge in [-0.05, 0) is 32.1 Å². The maximum atomic E-state index is 12.2. The summed E-state index contributed by atoms with van der Waals surface area (Å²) in [5, 5.41) is 13.1. The second-order valence-electron chi connectivity index (χ2n) is 5.64. The number of hydrogen-bond donors (Lipinski definition) is 1. The first-order valence-corrected chi connectivity index (χ1v) is 7.95. The van der Waals surface area contributed by atoms with Gasteiger partial charge in [-0.15, -0.1) is 0 Å². The lowest BCUT2D eigenvalue weighted by Gasteiger charge is -2.33. The Hall–Kier alpha value is -1.92. The fraction of sp³-hybridized carbons (Fsp3) is 0.733. The average Bonchev–Trinajstić information content (AvgIpc) is 2.95. The van der Waals surface area contributed by atoms with Crippen molar-refractivity contribution in [1.29, 1.82) is 0 Å². The molecule has 1 fully saturated rings. The lowest BCUT2D eigenvalue weighted by molar-refractivity contribution is -0.152. The minimum atomic E-state index is -0.908. The minimum Gasteiger partial charge on any atom is -0.480 e. The van der Waals surface area contributed by atoms with Crippen LogP contribution in [0.15, 0.2) is 4.52 Å².